The third kappa shape index (κ3) is 4.48. The lowest BCUT2D eigenvalue weighted by Crippen LogP contribution is -2.48. The van der Waals surface area contributed by atoms with E-state index in [0.717, 1.165) is 29.8 Å². The highest BCUT2D eigenvalue weighted by Gasteiger charge is 2.38. The van der Waals surface area contributed by atoms with E-state index in [1.807, 2.05) is 42.3 Å². The number of hydrogen-bond acceptors (Lipinski definition) is 9. The number of tetrazole rings is 1. The van der Waals surface area contributed by atoms with E-state index in [4.69, 9.17) is 14.2 Å². The van der Waals surface area contributed by atoms with Crippen molar-refractivity contribution in [2.24, 2.45) is 0 Å². The highest BCUT2D eigenvalue weighted by molar-refractivity contribution is 5.95. The minimum absolute atomic E-state index is 0.0558. The summed E-state index contributed by atoms with van der Waals surface area (Å²) in [6.45, 7) is 3.40. The molecule has 1 atom stereocenters. The number of aromatic nitrogens is 4. The van der Waals surface area contributed by atoms with Crippen molar-refractivity contribution in [2.75, 3.05) is 58.6 Å². The van der Waals surface area contributed by atoms with Crippen molar-refractivity contribution in [3.8, 4) is 22.9 Å². The van der Waals surface area contributed by atoms with Crippen molar-refractivity contribution in [3.05, 3.63) is 82.9 Å². The standard InChI is InChI=1S/C30H30FN7O4/c1-35-11-10-19-17-24-27(42-18-41-24)28(40-2)25(19)26(35)29-32-33-34-38(29)23-5-3-4-20(16-23)30(39)37-14-12-36(13-15-37)22-8-6-21(31)7-9-22/h3-9,16-17,26H,10-15,18H2,1-2H3. The van der Waals surface area contributed by atoms with E-state index in [9.17, 15) is 9.18 Å². The van der Waals surface area contributed by atoms with Crippen molar-refractivity contribution < 1.29 is 23.4 Å². The number of halogens is 1. The predicted molar refractivity (Wildman–Crippen MR) is 151 cm³/mol. The third-order valence-corrected chi connectivity index (χ3v) is 8.23. The van der Waals surface area contributed by atoms with E-state index in [1.165, 1.54) is 12.1 Å². The second kappa shape index (κ2) is 10.6. The summed E-state index contributed by atoms with van der Waals surface area (Å²) in [6.07, 6.45) is 0.815. The van der Waals surface area contributed by atoms with Gasteiger partial charge in [-0.2, -0.15) is 4.68 Å². The van der Waals surface area contributed by atoms with Crippen LogP contribution in [0.2, 0.25) is 0 Å². The van der Waals surface area contributed by atoms with Gasteiger partial charge in [0.25, 0.3) is 5.91 Å². The highest BCUT2D eigenvalue weighted by Crippen LogP contribution is 2.50. The molecule has 4 heterocycles. The molecular weight excluding hydrogens is 541 g/mol. The SMILES string of the molecule is COc1c2c(cc3c1C(c1nnnn1-c1cccc(C(=O)N4CCN(c5ccc(F)cc5)CC4)c1)N(C)CC3)OCO2. The largest absolute Gasteiger partial charge is 0.492 e. The van der Waals surface area contributed by atoms with Gasteiger partial charge in [-0.05, 0) is 78.0 Å². The number of nitrogens with zero attached hydrogens (tertiary/aromatic N) is 7. The molecule has 1 saturated heterocycles. The molecule has 3 aliphatic heterocycles. The molecule has 3 aliphatic rings. The number of carbonyl (C=O) groups is 1. The summed E-state index contributed by atoms with van der Waals surface area (Å²) in [4.78, 5) is 19.7. The molecule has 0 spiro atoms. The van der Waals surface area contributed by atoms with Gasteiger partial charge in [0.05, 0.1) is 12.8 Å². The first kappa shape index (κ1) is 26.2. The van der Waals surface area contributed by atoms with Crippen LogP contribution in [-0.2, 0) is 6.42 Å². The molecule has 0 N–H and O–H groups in total. The van der Waals surface area contributed by atoms with Gasteiger partial charge in [0.1, 0.15) is 11.9 Å². The summed E-state index contributed by atoms with van der Waals surface area (Å²) in [5.41, 5.74) is 4.23. The van der Waals surface area contributed by atoms with Crippen LogP contribution in [0, 0.1) is 5.82 Å². The molecule has 3 aromatic carbocycles. The smallest absolute Gasteiger partial charge is 0.254 e. The van der Waals surface area contributed by atoms with Crippen molar-refractivity contribution in [3.63, 3.8) is 0 Å². The van der Waals surface area contributed by atoms with Crippen molar-refractivity contribution in [1.29, 1.82) is 0 Å². The Bertz CT molecular complexity index is 1640. The number of benzene rings is 3. The number of fused-ring (bicyclic) bond motifs is 2. The Morgan fingerprint density at radius 3 is 2.60 bits per heavy atom. The second-order valence-electron chi connectivity index (χ2n) is 10.6. The van der Waals surface area contributed by atoms with Gasteiger partial charge >= 0.3 is 0 Å². The summed E-state index contributed by atoms with van der Waals surface area (Å²) in [6, 6.07) is 15.5. The van der Waals surface area contributed by atoms with Crippen LogP contribution in [0.3, 0.4) is 0 Å². The second-order valence-corrected chi connectivity index (χ2v) is 10.6. The molecule has 4 aromatic rings. The van der Waals surface area contributed by atoms with Crippen LogP contribution < -0.4 is 19.1 Å². The number of likely N-dealkylation sites (N-methyl/N-ethyl adjacent to an activating group) is 1. The molecule has 12 heteroatoms. The van der Waals surface area contributed by atoms with Gasteiger partial charge in [-0.15, -0.1) is 5.10 Å². The molecule has 42 heavy (non-hydrogen) atoms. The zero-order valence-corrected chi connectivity index (χ0v) is 23.4. The lowest BCUT2D eigenvalue weighted by atomic mass is 9.90. The summed E-state index contributed by atoms with van der Waals surface area (Å²) in [5, 5.41) is 12.8. The van der Waals surface area contributed by atoms with Crippen molar-refractivity contribution in [1.82, 2.24) is 30.0 Å². The number of ether oxygens (including phenoxy) is 3. The Labute approximate surface area is 242 Å². The zero-order chi connectivity index (χ0) is 28.8. The molecular formula is C30H30FN7O4. The topological polar surface area (TPSA) is 98.1 Å². The van der Waals surface area contributed by atoms with E-state index in [2.05, 4.69) is 25.3 Å². The van der Waals surface area contributed by atoms with Crippen LogP contribution in [0.5, 0.6) is 17.2 Å². The number of anilines is 1. The summed E-state index contributed by atoms with van der Waals surface area (Å²) >= 11 is 0. The first-order valence-electron chi connectivity index (χ1n) is 13.9. The number of piperazine rings is 1. The summed E-state index contributed by atoms with van der Waals surface area (Å²) < 4.78 is 32.3. The van der Waals surface area contributed by atoms with Gasteiger partial charge in [0, 0.05) is 49.5 Å². The lowest BCUT2D eigenvalue weighted by Gasteiger charge is -2.36. The molecule has 1 unspecified atom stereocenters. The molecule has 1 fully saturated rings. The van der Waals surface area contributed by atoms with E-state index in [-0.39, 0.29) is 24.6 Å². The first-order chi connectivity index (χ1) is 20.5. The Morgan fingerprint density at radius 1 is 1.00 bits per heavy atom. The van der Waals surface area contributed by atoms with Crippen LogP contribution in [0.15, 0.2) is 54.6 Å². The van der Waals surface area contributed by atoms with Gasteiger partial charge in [0.2, 0.25) is 12.5 Å². The van der Waals surface area contributed by atoms with E-state index >= 15 is 0 Å². The quantitative estimate of drug-likeness (QED) is 0.358. The van der Waals surface area contributed by atoms with Crippen LogP contribution in [-0.4, -0.2) is 89.6 Å². The fourth-order valence-corrected chi connectivity index (χ4v) is 6.08. The Balaban J connectivity index is 1.16. The molecule has 11 nitrogen and oxygen atoms in total. The number of rotatable bonds is 5. The van der Waals surface area contributed by atoms with E-state index in [0.29, 0.717) is 60.5 Å². The normalized spacial score (nSPS) is 18.2. The summed E-state index contributed by atoms with van der Waals surface area (Å²) in [7, 11) is 3.66. The molecule has 0 aliphatic carbocycles. The van der Waals surface area contributed by atoms with Gasteiger partial charge in [-0.1, -0.05) is 6.07 Å². The zero-order valence-electron chi connectivity index (χ0n) is 23.4. The summed E-state index contributed by atoms with van der Waals surface area (Å²) in [5.74, 6) is 2.17. The molecule has 0 radical (unpaired) electrons. The van der Waals surface area contributed by atoms with Crippen LogP contribution >= 0.6 is 0 Å². The number of hydrogen-bond donors (Lipinski definition) is 0. The minimum Gasteiger partial charge on any atom is -0.492 e. The number of carbonyl (C=O) groups excluding carboxylic acids is 1. The maximum absolute atomic E-state index is 13.5. The molecule has 7 rings (SSSR count). The lowest BCUT2D eigenvalue weighted by molar-refractivity contribution is 0.0746. The maximum Gasteiger partial charge on any atom is 0.254 e. The fourth-order valence-electron chi connectivity index (χ4n) is 6.08. The Morgan fingerprint density at radius 2 is 1.81 bits per heavy atom. The Kier molecular flexibility index (Phi) is 6.62. The fraction of sp³-hybridized carbons (Fsp3) is 0.333. The van der Waals surface area contributed by atoms with Gasteiger partial charge in [0.15, 0.2) is 17.3 Å². The monoisotopic (exact) mass is 571 g/mol. The average molecular weight is 572 g/mol. The van der Waals surface area contributed by atoms with Crippen LogP contribution in [0.4, 0.5) is 10.1 Å². The number of amides is 1. The molecule has 1 amide bonds. The molecule has 0 saturated carbocycles. The third-order valence-electron chi connectivity index (χ3n) is 8.23. The van der Waals surface area contributed by atoms with Crippen LogP contribution in [0.25, 0.3) is 5.69 Å². The predicted octanol–water partition coefficient (Wildman–Crippen LogP) is 3.08. The van der Waals surface area contributed by atoms with Crippen molar-refractivity contribution in [2.45, 2.75) is 12.5 Å². The maximum atomic E-state index is 13.5. The average Bonchev–Trinajstić information content (AvgIpc) is 3.70. The number of methoxy groups -OCH3 is 1. The van der Waals surface area contributed by atoms with Gasteiger partial charge in [-0.25, -0.2) is 4.39 Å². The highest BCUT2D eigenvalue weighted by atomic mass is 19.1. The van der Waals surface area contributed by atoms with E-state index < -0.39 is 0 Å². The molecule has 1 aromatic heterocycles. The first-order valence-corrected chi connectivity index (χ1v) is 13.9. The van der Waals surface area contributed by atoms with Crippen molar-refractivity contribution >= 4 is 11.6 Å². The van der Waals surface area contributed by atoms with E-state index in [1.54, 1.807) is 23.9 Å². The Hall–Kier alpha value is -4.71. The minimum atomic E-state index is -0.313. The van der Waals surface area contributed by atoms with Gasteiger partial charge in [-0.3, -0.25) is 9.69 Å². The van der Waals surface area contributed by atoms with Crippen LogP contribution in [0.1, 0.15) is 33.4 Å². The molecule has 0 bridgehead atoms. The van der Waals surface area contributed by atoms with Gasteiger partial charge < -0.3 is 24.0 Å². The molecule has 216 valence electrons.